The molecule has 0 amide bonds. The van der Waals surface area contributed by atoms with Gasteiger partial charge in [0.2, 0.25) is 5.95 Å². The normalized spacial score (nSPS) is 37.1. The van der Waals surface area contributed by atoms with Gasteiger partial charge in [0, 0.05) is 7.05 Å². The molecule has 7 rings (SSSR count). The molecule has 3 aliphatic heterocycles. The van der Waals surface area contributed by atoms with Crippen LogP contribution in [-0.2, 0) is 36.9 Å². The zero-order valence-corrected chi connectivity index (χ0v) is 25.1. The summed E-state index contributed by atoms with van der Waals surface area (Å²) in [6.07, 6.45) is -10.4. The van der Waals surface area contributed by atoms with E-state index in [1.165, 1.54) is 17.2 Å². The molecule has 4 aromatic rings. The van der Waals surface area contributed by atoms with Crippen LogP contribution in [0.1, 0.15) is 12.5 Å². The lowest BCUT2D eigenvalue weighted by atomic mass is 10.1. The van der Waals surface area contributed by atoms with Crippen molar-refractivity contribution in [1.82, 2.24) is 39.0 Å². The Morgan fingerprint density at radius 2 is 1.72 bits per heavy atom. The van der Waals surface area contributed by atoms with Crippen LogP contribution in [-0.4, -0.2) is 116 Å². The van der Waals surface area contributed by atoms with E-state index in [4.69, 9.17) is 33.5 Å². The van der Waals surface area contributed by atoms with Gasteiger partial charge in [-0.15, -0.1) is 0 Å². The number of fused-ring (bicyclic) bond motifs is 5. The number of anilines is 2. The molecule has 10 atom stereocenters. The summed E-state index contributed by atoms with van der Waals surface area (Å²) in [6, 6.07) is 0. The number of nitrogen functional groups attached to an aromatic ring is 1. The number of aromatic amines is 1. The molecule has 7 heterocycles. The number of nitrogens with one attached hydrogen (secondary N) is 2. The van der Waals surface area contributed by atoms with Crippen LogP contribution in [0.15, 0.2) is 23.8 Å². The molecule has 2 bridgehead atoms. The van der Waals surface area contributed by atoms with Crippen LogP contribution in [0, 0.1) is 0 Å². The maximum absolute atomic E-state index is 13.2. The molecular formula is C21H26N10O13P2. The van der Waals surface area contributed by atoms with E-state index in [9.17, 15) is 33.9 Å². The van der Waals surface area contributed by atoms with Crippen LogP contribution in [0.2, 0.25) is 0 Å². The van der Waals surface area contributed by atoms with Gasteiger partial charge < -0.3 is 45.3 Å². The first-order chi connectivity index (χ1) is 21.9. The van der Waals surface area contributed by atoms with E-state index >= 15 is 0 Å². The second-order valence-electron chi connectivity index (χ2n) is 10.4. The van der Waals surface area contributed by atoms with Crippen molar-refractivity contribution < 1.29 is 56.9 Å². The third-order valence-electron chi connectivity index (χ3n) is 7.42. The molecule has 8 N–H and O–H groups in total. The maximum atomic E-state index is 13.2. The molecule has 3 aliphatic rings. The highest BCUT2D eigenvalue weighted by molar-refractivity contribution is 7.52. The molecule has 3 fully saturated rings. The molecule has 0 radical (unpaired) electrons. The fourth-order valence-electron chi connectivity index (χ4n) is 5.40. The minimum absolute atomic E-state index is 0.139. The quantitative estimate of drug-likeness (QED) is 0.116. The highest BCUT2D eigenvalue weighted by atomic mass is 31.2. The lowest BCUT2D eigenvalue weighted by Crippen LogP contribution is -2.36. The third kappa shape index (κ3) is 5.39. The molecule has 0 aromatic carbocycles. The number of aromatic nitrogens is 8. The number of rotatable bonds is 3. The van der Waals surface area contributed by atoms with Crippen LogP contribution in [0.25, 0.3) is 22.3 Å². The van der Waals surface area contributed by atoms with E-state index in [1.54, 1.807) is 7.05 Å². The minimum Gasteiger partial charge on any atom is -0.386 e. The topological polar surface area (TPSA) is 316 Å². The van der Waals surface area contributed by atoms with E-state index in [0.717, 1.165) is 10.9 Å². The van der Waals surface area contributed by atoms with Gasteiger partial charge in [-0.1, -0.05) is 0 Å². The van der Waals surface area contributed by atoms with Crippen LogP contribution in [0.5, 0.6) is 0 Å². The molecule has 0 spiro atoms. The molecule has 3 saturated heterocycles. The summed E-state index contributed by atoms with van der Waals surface area (Å²) in [4.78, 5) is 56.4. The predicted molar refractivity (Wildman–Crippen MR) is 149 cm³/mol. The zero-order valence-electron chi connectivity index (χ0n) is 23.3. The summed E-state index contributed by atoms with van der Waals surface area (Å²) in [7, 11) is -8.29. The van der Waals surface area contributed by atoms with E-state index in [2.05, 4.69) is 35.2 Å². The Balaban J connectivity index is 1.20. The number of phosphoric acid groups is 1. The number of ether oxygens (including phenoxy) is 3. The van der Waals surface area contributed by atoms with Crippen molar-refractivity contribution in [2.24, 2.45) is 0 Å². The van der Waals surface area contributed by atoms with E-state index in [0.29, 0.717) is 11.3 Å². The average molecular weight is 688 g/mol. The molecule has 0 saturated carbocycles. The van der Waals surface area contributed by atoms with Gasteiger partial charge in [0.1, 0.15) is 42.4 Å². The highest BCUT2D eigenvalue weighted by Gasteiger charge is 2.54. The van der Waals surface area contributed by atoms with Gasteiger partial charge in [-0.05, 0) is 0 Å². The number of imidazole rings is 2. The Morgan fingerprint density at radius 3 is 2.48 bits per heavy atom. The second-order valence-corrected chi connectivity index (χ2v) is 13.5. The number of aliphatic hydroxyl groups excluding tert-OH is 2. The predicted octanol–water partition coefficient (Wildman–Crippen LogP) is -1.88. The summed E-state index contributed by atoms with van der Waals surface area (Å²) in [5, 5.41) is 25.0. The monoisotopic (exact) mass is 688 g/mol. The van der Waals surface area contributed by atoms with Gasteiger partial charge in [0.25, 0.3) is 5.56 Å². The highest BCUT2D eigenvalue weighted by Crippen LogP contribution is 2.53. The second kappa shape index (κ2) is 11.4. The number of phosphoric ester groups is 1. The molecule has 4 aromatic heterocycles. The first-order valence-corrected chi connectivity index (χ1v) is 16.6. The van der Waals surface area contributed by atoms with Gasteiger partial charge >= 0.3 is 15.4 Å². The van der Waals surface area contributed by atoms with Crippen LogP contribution in [0.3, 0.4) is 0 Å². The minimum atomic E-state index is -5.12. The van der Waals surface area contributed by atoms with Crippen molar-refractivity contribution >= 4 is 49.5 Å². The number of nitrogens with two attached hydrogens (primary N) is 1. The van der Waals surface area contributed by atoms with Gasteiger partial charge in [-0.3, -0.25) is 37.0 Å². The molecule has 4 unspecified atom stereocenters. The Hall–Kier alpha value is -3.44. The largest absolute Gasteiger partial charge is 0.472 e. The lowest BCUT2D eigenvalue weighted by molar-refractivity contribution is -0.168. The summed E-state index contributed by atoms with van der Waals surface area (Å²) >= 11 is 0. The Morgan fingerprint density at radius 1 is 0.978 bits per heavy atom. The summed E-state index contributed by atoms with van der Waals surface area (Å²) in [6.45, 7) is -0.810. The molecule has 248 valence electrons. The molecule has 0 aliphatic carbocycles. The summed E-state index contributed by atoms with van der Waals surface area (Å²) in [5.74, 6) is 0.0887. The fourth-order valence-corrected chi connectivity index (χ4v) is 7.37. The van der Waals surface area contributed by atoms with Crippen molar-refractivity contribution in [3.63, 3.8) is 0 Å². The van der Waals surface area contributed by atoms with Crippen molar-refractivity contribution in [1.29, 1.82) is 0 Å². The summed E-state index contributed by atoms with van der Waals surface area (Å²) in [5.41, 5.74) is 5.19. The Kier molecular flexibility index (Phi) is 7.70. The average Bonchev–Trinajstić information content (AvgIpc) is 3.76. The van der Waals surface area contributed by atoms with Gasteiger partial charge in [0.15, 0.2) is 47.7 Å². The van der Waals surface area contributed by atoms with E-state index in [1.807, 2.05) is 0 Å². The maximum Gasteiger partial charge on any atom is 0.472 e. The van der Waals surface area contributed by atoms with Crippen LogP contribution >= 0.6 is 15.4 Å². The number of hydrogen-bond donors (Lipinski definition) is 7. The first-order valence-electron chi connectivity index (χ1n) is 13.4. The molecule has 46 heavy (non-hydrogen) atoms. The number of nitrogens with zero attached hydrogens (tertiary/aromatic N) is 7. The summed E-state index contributed by atoms with van der Waals surface area (Å²) < 4.78 is 61.7. The lowest BCUT2D eigenvalue weighted by Gasteiger charge is -2.25. The van der Waals surface area contributed by atoms with Crippen molar-refractivity contribution in [2.45, 2.75) is 49.3 Å². The fraction of sp³-hybridized carbons (Fsp3) is 0.524. The molecule has 23 nitrogen and oxygen atoms in total. The molecule has 25 heteroatoms. The van der Waals surface area contributed by atoms with Crippen LogP contribution < -0.4 is 16.6 Å². The SMILES string of the molecule is CNc1ncnc2c1ncn2[C@@H]1O[C@@H]2COP(=O)(O)O[C@H]3C(O)[C@@H](OCP(=O)(O)OC2[C@@H]1O)O[C@H]3n1cnc2c(=O)[nH]c(N)nc21. The Bertz CT molecular complexity index is 1950. The standard InChI is InChI=1S/C21H26N10O13P2/c1-23-14-8-15(25-3-24-14)30(4-26-8)18-10(32)12-7(41-18)2-40-46(37,38)44-13-11(33)20(39-6-45(35,36)43-12)42-19(13)31-5-27-9-16(31)28-21(22)29-17(9)34/h3-5,7,10-13,18-20,32-33H,2,6H2,1H3,(H,35,36)(H,37,38)(H,23,24,25)(H3,22,28,29,34)/t7-,10+,11?,12?,13+,18-,19-,20+/m1/s1. The first kappa shape index (κ1) is 31.2. The van der Waals surface area contributed by atoms with Crippen molar-refractivity contribution in [3.05, 3.63) is 29.3 Å². The van der Waals surface area contributed by atoms with Crippen molar-refractivity contribution in [2.75, 3.05) is 31.1 Å². The van der Waals surface area contributed by atoms with E-state index < -0.39 is 83.2 Å². The zero-order chi connectivity index (χ0) is 32.5. The van der Waals surface area contributed by atoms with Gasteiger partial charge in [0.05, 0.1) is 19.3 Å². The number of aliphatic hydroxyl groups is 2. The van der Waals surface area contributed by atoms with E-state index in [-0.39, 0.29) is 22.8 Å². The Labute approximate surface area is 255 Å². The van der Waals surface area contributed by atoms with Gasteiger partial charge in [-0.25, -0.2) is 24.5 Å². The smallest absolute Gasteiger partial charge is 0.386 e. The van der Waals surface area contributed by atoms with Crippen LogP contribution in [0.4, 0.5) is 11.8 Å². The molecular weight excluding hydrogens is 662 g/mol. The van der Waals surface area contributed by atoms with Gasteiger partial charge in [-0.2, -0.15) is 4.98 Å². The number of hydrogen-bond acceptors (Lipinski definition) is 18. The van der Waals surface area contributed by atoms with Crippen molar-refractivity contribution in [3.8, 4) is 0 Å². The number of H-pyrrole nitrogens is 1. The third-order valence-corrected chi connectivity index (χ3v) is 9.45.